The minimum atomic E-state index is 0.164. The maximum atomic E-state index is 9.98. The molecule has 0 aliphatic heterocycles. The summed E-state index contributed by atoms with van der Waals surface area (Å²) in [7, 11) is 0. The molecule has 11 heavy (non-hydrogen) atoms. The quantitative estimate of drug-likeness (QED) is 0.576. The van der Waals surface area contributed by atoms with Gasteiger partial charge in [0.15, 0.2) is 6.29 Å². The SMILES string of the molecule is CC1=C(OCC=O)C=CCC1. The molecule has 0 saturated carbocycles. The van der Waals surface area contributed by atoms with Gasteiger partial charge >= 0.3 is 0 Å². The minimum Gasteiger partial charge on any atom is -0.486 e. The van der Waals surface area contributed by atoms with Crippen LogP contribution in [0.2, 0.25) is 0 Å². The van der Waals surface area contributed by atoms with Gasteiger partial charge in [0.2, 0.25) is 0 Å². The van der Waals surface area contributed by atoms with E-state index in [-0.39, 0.29) is 6.61 Å². The van der Waals surface area contributed by atoms with E-state index in [1.165, 1.54) is 5.57 Å². The third-order valence-corrected chi connectivity index (χ3v) is 1.68. The molecule has 0 N–H and O–H groups in total. The predicted molar refractivity (Wildman–Crippen MR) is 43.1 cm³/mol. The fourth-order valence-electron chi connectivity index (χ4n) is 1.05. The first kappa shape index (κ1) is 8.05. The van der Waals surface area contributed by atoms with E-state index in [0.29, 0.717) is 0 Å². The molecule has 0 spiro atoms. The van der Waals surface area contributed by atoms with Crippen LogP contribution in [0.4, 0.5) is 0 Å². The summed E-state index contributed by atoms with van der Waals surface area (Å²) in [6, 6.07) is 0. The molecule has 0 bridgehead atoms. The third-order valence-electron chi connectivity index (χ3n) is 1.68. The second kappa shape index (κ2) is 3.96. The first-order chi connectivity index (χ1) is 5.34. The molecule has 0 unspecified atom stereocenters. The number of carbonyl (C=O) groups excluding carboxylic acids is 1. The van der Waals surface area contributed by atoms with Gasteiger partial charge in [-0.15, -0.1) is 0 Å². The summed E-state index contributed by atoms with van der Waals surface area (Å²) < 4.78 is 5.17. The van der Waals surface area contributed by atoms with Crippen LogP contribution in [0.5, 0.6) is 0 Å². The molecule has 0 aromatic heterocycles. The molecule has 0 fully saturated rings. The van der Waals surface area contributed by atoms with Gasteiger partial charge in [-0.2, -0.15) is 0 Å². The van der Waals surface area contributed by atoms with Crippen molar-refractivity contribution in [2.45, 2.75) is 19.8 Å². The van der Waals surface area contributed by atoms with E-state index < -0.39 is 0 Å². The lowest BCUT2D eigenvalue weighted by molar-refractivity contribution is -0.110. The molecule has 0 heterocycles. The number of carbonyl (C=O) groups is 1. The molecule has 1 aliphatic rings. The number of hydrogen-bond acceptors (Lipinski definition) is 2. The van der Waals surface area contributed by atoms with Crippen LogP contribution >= 0.6 is 0 Å². The second-order valence-electron chi connectivity index (χ2n) is 2.56. The summed E-state index contributed by atoms with van der Waals surface area (Å²) >= 11 is 0. The standard InChI is InChI=1S/C9H12O2/c1-8-4-2-3-5-9(8)11-7-6-10/h3,5-6H,2,4,7H2,1H3. The number of hydrogen-bond donors (Lipinski definition) is 0. The fraction of sp³-hybridized carbons (Fsp3) is 0.444. The Balaban J connectivity index is 2.53. The lowest BCUT2D eigenvalue weighted by Gasteiger charge is -2.11. The monoisotopic (exact) mass is 152 g/mol. The second-order valence-corrected chi connectivity index (χ2v) is 2.56. The first-order valence-electron chi connectivity index (χ1n) is 3.77. The Bertz CT molecular complexity index is 202. The largest absolute Gasteiger partial charge is 0.486 e. The van der Waals surface area contributed by atoms with Gasteiger partial charge in [0, 0.05) is 0 Å². The number of aldehydes is 1. The molecular weight excluding hydrogens is 140 g/mol. The highest BCUT2D eigenvalue weighted by Crippen LogP contribution is 2.18. The van der Waals surface area contributed by atoms with Gasteiger partial charge in [-0.1, -0.05) is 6.08 Å². The zero-order chi connectivity index (χ0) is 8.10. The van der Waals surface area contributed by atoms with Crippen molar-refractivity contribution in [2.24, 2.45) is 0 Å². The van der Waals surface area contributed by atoms with Gasteiger partial charge in [-0.3, -0.25) is 4.79 Å². The highest BCUT2D eigenvalue weighted by atomic mass is 16.5. The minimum absolute atomic E-state index is 0.164. The van der Waals surface area contributed by atoms with E-state index >= 15 is 0 Å². The molecule has 0 aromatic rings. The molecule has 60 valence electrons. The normalized spacial score (nSPS) is 16.8. The molecule has 2 heteroatoms. The van der Waals surface area contributed by atoms with Gasteiger partial charge in [-0.25, -0.2) is 0 Å². The van der Waals surface area contributed by atoms with E-state index in [1.54, 1.807) is 0 Å². The zero-order valence-corrected chi connectivity index (χ0v) is 6.67. The maximum Gasteiger partial charge on any atom is 0.157 e. The topological polar surface area (TPSA) is 26.3 Å². The zero-order valence-electron chi connectivity index (χ0n) is 6.67. The van der Waals surface area contributed by atoms with Crippen molar-refractivity contribution in [1.82, 2.24) is 0 Å². The first-order valence-corrected chi connectivity index (χ1v) is 3.77. The van der Waals surface area contributed by atoms with Crippen LogP contribution in [-0.4, -0.2) is 12.9 Å². The summed E-state index contributed by atoms with van der Waals surface area (Å²) in [5.74, 6) is 0.864. The van der Waals surface area contributed by atoms with Crippen molar-refractivity contribution in [1.29, 1.82) is 0 Å². The summed E-state index contributed by atoms with van der Waals surface area (Å²) in [6.07, 6.45) is 6.89. The van der Waals surface area contributed by atoms with Crippen molar-refractivity contribution >= 4 is 6.29 Å². The fourth-order valence-corrected chi connectivity index (χ4v) is 1.05. The maximum absolute atomic E-state index is 9.98. The molecule has 0 atom stereocenters. The number of rotatable bonds is 3. The summed E-state index contributed by atoms with van der Waals surface area (Å²) in [5.41, 5.74) is 1.23. The average Bonchev–Trinajstić information content (AvgIpc) is 2.03. The van der Waals surface area contributed by atoms with Crippen molar-refractivity contribution in [3.8, 4) is 0 Å². The van der Waals surface area contributed by atoms with Gasteiger partial charge in [0.1, 0.15) is 12.4 Å². The Morgan fingerprint density at radius 2 is 2.55 bits per heavy atom. The molecule has 1 aliphatic carbocycles. The summed E-state index contributed by atoms with van der Waals surface area (Å²) in [5, 5.41) is 0. The molecule has 1 rings (SSSR count). The van der Waals surface area contributed by atoms with Crippen molar-refractivity contribution < 1.29 is 9.53 Å². The molecule has 0 aromatic carbocycles. The van der Waals surface area contributed by atoms with E-state index in [4.69, 9.17) is 4.74 Å². The highest BCUT2D eigenvalue weighted by molar-refractivity contribution is 5.51. The van der Waals surface area contributed by atoms with E-state index in [2.05, 4.69) is 6.08 Å². The summed E-state index contributed by atoms with van der Waals surface area (Å²) in [4.78, 5) is 9.98. The smallest absolute Gasteiger partial charge is 0.157 e. The molecule has 0 saturated heterocycles. The Kier molecular flexibility index (Phi) is 2.90. The van der Waals surface area contributed by atoms with Crippen LogP contribution in [0.3, 0.4) is 0 Å². The molecule has 0 radical (unpaired) electrons. The van der Waals surface area contributed by atoms with E-state index in [1.807, 2.05) is 13.0 Å². The van der Waals surface area contributed by atoms with Crippen LogP contribution in [0.1, 0.15) is 19.8 Å². The van der Waals surface area contributed by atoms with Crippen molar-refractivity contribution in [3.63, 3.8) is 0 Å². The van der Waals surface area contributed by atoms with Gasteiger partial charge in [-0.05, 0) is 31.4 Å². The lowest BCUT2D eigenvalue weighted by Crippen LogP contribution is -1.99. The van der Waals surface area contributed by atoms with Gasteiger partial charge in [0.25, 0.3) is 0 Å². The van der Waals surface area contributed by atoms with Crippen molar-refractivity contribution in [3.05, 3.63) is 23.5 Å². The van der Waals surface area contributed by atoms with Gasteiger partial charge in [0.05, 0.1) is 0 Å². The molecule has 0 amide bonds. The highest BCUT2D eigenvalue weighted by Gasteiger charge is 2.03. The predicted octanol–water partition coefficient (Wildman–Crippen LogP) is 1.83. The Morgan fingerprint density at radius 3 is 3.18 bits per heavy atom. The van der Waals surface area contributed by atoms with Crippen LogP contribution in [0.15, 0.2) is 23.5 Å². The van der Waals surface area contributed by atoms with Crippen molar-refractivity contribution in [2.75, 3.05) is 6.61 Å². The Hall–Kier alpha value is -1.05. The molecular formula is C9H12O2. The average molecular weight is 152 g/mol. The van der Waals surface area contributed by atoms with Crippen LogP contribution in [-0.2, 0) is 9.53 Å². The van der Waals surface area contributed by atoms with Gasteiger partial charge < -0.3 is 4.74 Å². The summed E-state index contributed by atoms with van der Waals surface area (Å²) in [6.45, 7) is 2.20. The number of ether oxygens (including phenoxy) is 1. The van der Waals surface area contributed by atoms with E-state index in [9.17, 15) is 4.79 Å². The van der Waals surface area contributed by atoms with Crippen LogP contribution in [0.25, 0.3) is 0 Å². The lowest BCUT2D eigenvalue weighted by atomic mass is 10.1. The van der Waals surface area contributed by atoms with Crippen LogP contribution in [0, 0.1) is 0 Å². The Morgan fingerprint density at radius 1 is 1.73 bits per heavy atom. The molecule has 2 nitrogen and oxygen atoms in total. The van der Waals surface area contributed by atoms with E-state index in [0.717, 1.165) is 24.9 Å². The number of allylic oxidation sites excluding steroid dienone is 3. The Labute approximate surface area is 66.5 Å². The third kappa shape index (κ3) is 2.22. The van der Waals surface area contributed by atoms with Crippen LogP contribution < -0.4 is 0 Å².